The van der Waals surface area contributed by atoms with Crippen LogP contribution in [0.4, 0.5) is 0 Å². The molecule has 3 rings (SSSR count). The second kappa shape index (κ2) is 12.2. The summed E-state index contributed by atoms with van der Waals surface area (Å²) in [7, 11) is 0. The van der Waals surface area contributed by atoms with Gasteiger partial charge >= 0.3 is 0 Å². The predicted molar refractivity (Wildman–Crippen MR) is 136 cm³/mol. The zero-order valence-electron chi connectivity index (χ0n) is 18.8. The summed E-state index contributed by atoms with van der Waals surface area (Å²) in [6.45, 7) is 4.14. The predicted octanol–water partition coefficient (Wildman–Crippen LogP) is 5.48. The molecule has 1 atom stereocenters. The van der Waals surface area contributed by atoms with E-state index in [1.54, 1.807) is 6.07 Å². The van der Waals surface area contributed by atoms with Crippen LogP contribution in [0.1, 0.15) is 35.3 Å². The van der Waals surface area contributed by atoms with Crippen molar-refractivity contribution >= 4 is 41.2 Å². The lowest BCUT2D eigenvalue weighted by molar-refractivity contribution is -0.123. The summed E-state index contributed by atoms with van der Waals surface area (Å²) in [5.41, 5.74) is 4.67. The summed E-state index contributed by atoms with van der Waals surface area (Å²) in [6.07, 6.45) is 1.52. The van der Waals surface area contributed by atoms with Crippen LogP contribution in [-0.2, 0) is 11.4 Å². The largest absolute Gasteiger partial charge is 0.489 e. The van der Waals surface area contributed by atoms with Crippen LogP contribution < -0.4 is 15.5 Å². The van der Waals surface area contributed by atoms with Crippen LogP contribution in [-0.4, -0.2) is 24.1 Å². The number of nitrogens with one attached hydrogen (secondary N) is 2. The van der Waals surface area contributed by atoms with Gasteiger partial charge in [-0.25, -0.2) is 5.43 Å². The van der Waals surface area contributed by atoms with Crippen LogP contribution >= 0.6 is 23.2 Å². The van der Waals surface area contributed by atoms with Gasteiger partial charge in [0.2, 0.25) is 0 Å². The Kier molecular flexibility index (Phi) is 9.08. The quantitative estimate of drug-likeness (QED) is 0.303. The molecule has 1 unspecified atom stereocenters. The minimum Gasteiger partial charge on any atom is -0.489 e. The van der Waals surface area contributed by atoms with Crippen molar-refractivity contribution in [1.82, 2.24) is 10.7 Å². The highest BCUT2D eigenvalue weighted by Crippen LogP contribution is 2.22. The van der Waals surface area contributed by atoms with Crippen molar-refractivity contribution in [2.75, 3.05) is 0 Å². The number of nitrogens with zero attached hydrogens (tertiary/aromatic N) is 1. The van der Waals surface area contributed by atoms with E-state index in [1.165, 1.54) is 18.3 Å². The Balaban J connectivity index is 1.54. The number of carbonyl (C=O) groups is 2. The number of hydrazone groups is 1. The molecule has 2 N–H and O–H groups in total. The van der Waals surface area contributed by atoms with Crippen molar-refractivity contribution in [3.05, 3.63) is 99.5 Å². The molecule has 0 radical (unpaired) electrons. The number of ether oxygens (including phenoxy) is 1. The third-order valence-corrected chi connectivity index (χ3v) is 5.67. The monoisotopic (exact) mass is 497 g/mol. The van der Waals surface area contributed by atoms with Crippen LogP contribution in [0.15, 0.2) is 77.9 Å². The van der Waals surface area contributed by atoms with Gasteiger partial charge in [-0.2, -0.15) is 5.10 Å². The molecule has 0 saturated carbocycles. The number of amides is 2. The lowest BCUT2D eigenvalue weighted by atomic mass is 10.0. The summed E-state index contributed by atoms with van der Waals surface area (Å²) >= 11 is 11.9. The zero-order chi connectivity index (χ0) is 24.5. The third kappa shape index (κ3) is 7.33. The lowest BCUT2D eigenvalue weighted by Crippen LogP contribution is -2.48. The molecule has 0 aliphatic rings. The molecule has 0 saturated heterocycles. The molecule has 0 aliphatic carbocycles. The molecule has 0 fully saturated rings. The fourth-order valence-corrected chi connectivity index (χ4v) is 3.33. The zero-order valence-corrected chi connectivity index (χ0v) is 20.3. The van der Waals surface area contributed by atoms with Gasteiger partial charge in [-0.05, 0) is 59.5 Å². The highest BCUT2D eigenvalue weighted by molar-refractivity contribution is 6.42. The Morgan fingerprint density at radius 1 is 0.971 bits per heavy atom. The molecule has 6 nitrogen and oxygen atoms in total. The first kappa shape index (κ1) is 25.3. The van der Waals surface area contributed by atoms with E-state index in [2.05, 4.69) is 15.8 Å². The average molecular weight is 498 g/mol. The molecule has 0 spiro atoms. The van der Waals surface area contributed by atoms with Gasteiger partial charge in [-0.3, -0.25) is 9.59 Å². The van der Waals surface area contributed by atoms with Gasteiger partial charge in [-0.1, -0.05) is 67.4 Å². The van der Waals surface area contributed by atoms with Crippen LogP contribution in [0.5, 0.6) is 5.75 Å². The van der Waals surface area contributed by atoms with Gasteiger partial charge in [0.1, 0.15) is 18.4 Å². The third-order valence-electron chi connectivity index (χ3n) is 4.93. The van der Waals surface area contributed by atoms with E-state index < -0.39 is 17.9 Å². The average Bonchev–Trinajstić information content (AvgIpc) is 2.84. The molecule has 34 heavy (non-hydrogen) atoms. The first-order valence-electron chi connectivity index (χ1n) is 10.7. The molecular formula is C26H25Cl2N3O3. The van der Waals surface area contributed by atoms with Gasteiger partial charge in [0.15, 0.2) is 0 Å². The van der Waals surface area contributed by atoms with E-state index in [0.29, 0.717) is 17.2 Å². The molecule has 176 valence electrons. The SMILES string of the molecule is CC(C)C(NC(=O)c1ccc(Cl)c(Cl)c1)C(=O)N/N=C/c1ccc(OCc2ccccc2)cc1. The van der Waals surface area contributed by atoms with Crippen LogP contribution in [0.25, 0.3) is 0 Å². The van der Waals surface area contributed by atoms with Gasteiger partial charge in [-0.15, -0.1) is 0 Å². The lowest BCUT2D eigenvalue weighted by Gasteiger charge is -2.20. The van der Waals surface area contributed by atoms with Gasteiger partial charge < -0.3 is 10.1 Å². The molecule has 3 aromatic carbocycles. The van der Waals surface area contributed by atoms with E-state index in [-0.39, 0.29) is 10.9 Å². The smallest absolute Gasteiger partial charge is 0.262 e. The summed E-state index contributed by atoms with van der Waals surface area (Å²) in [5, 5.41) is 7.35. The van der Waals surface area contributed by atoms with Gasteiger partial charge in [0.25, 0.3) is 11.8 Å². The molecule has 3 aromatic rings. The van der Waals surface area contributed by atoms with E-state index in [0.717, 1.165) is 16.9 Å². The molecule has 0 heterocycles. The van der Waals surface area contributed by atoms with Gasteiger partial charge in [0, 0.05) is 5.56 Å². The number of hydrogen-bond donors (Lipinski definition) is 2. The summed E-state index contributed by atoms with van der Waals surface area (Å²) in [4.78, 5) is 25.2. The molecule has 0 bridgehead atoms. The second-order valence-electron chi connectivity index (χ2n) is 7.90. The highest BCUT2D eigenvalue weighted by atomic mass is 35.5. The maximum Gasteiger partial charge on any atom is 0.262 e. The molecule has 0 aromatic heterocycles. The number of carbonyl (C=O) groups excluding carboxylic acids is 2. The van der Waals surface area contributed by atoms with Crippen molar-refractivity contribution in [1.29, 1.82) is 0 Å². The van der Waals surface area contributed by atoms with E-state index in [4.69, 9.17) is 27.9 Å². The Bertz CT molecular complexity index is 1150. The second-order valence-corrected chi connectivity index (χ2v) is 8.72. The summed E-state index contributed by atoms with van der Waals surface area (Å²) in [5.74, 6) is -0.289. The number of halogens is 2. The maximum absolute atomic E-state index is 12.6. The molecule has 8 heteroatoms. The normalized spacial score (nSPS) is 11.9. The minimum absolute atomic E-state index is 0.164. The molecule has 2 amide bonds. The summed E-state index contributed by atoms with van der Waals surface area (Å²) in [6, 6.07) is 21.0. The van der Waals surface area contributed by atoms with Crippen molar-refractivity contribution in [3.8, 4) is 5.75 Å². The molecular weight excluding hydrogens is 473 g/mol. The molecule has 0 aliphatic heterocycles. The van der Waals surface area contributed by atoms with Gasteiger partial charge in [0.05, 0.1) is 16.3 Å². The Hall–Kier alpha value is -3.35. The van der Waals surface area contributed by atoms with Crippen LogP contribution in [0.2, 0.25) is 10.0 Å². The minimum atomic E-state index is -0.784. The number of benzene rings is 3. The number of hydrogen-bond acceptors (Lipinski definition) is 4. The summed E-state index contributed by atoms with van der Waals surface area (Å²) < 4.78 is 5.76. The Morgan fingerprint density at radius 2 is 1.68 bits per heavy atom. The Labute approximate surface area is 208 Å². The first-order chi connectivity index (χ1) is 16.3. The topological polar surface area (TPSA) is 79.8 Å². The fraction of sp³-hybridized carbons (Fsp3) is 0.192. The van der Waals surface area contributed by atoms with Crippen molar-refractivity contribution in [2.45, 2.75) is 26.5 Å². The maximum atomic E-state index is 12.6. The van der Waals surface area contributed by atoms with E-state index in [1.807, 2.05) is 68.4 Å². The van der Waals surface area contributed by atoms with E-state index in [9.17, 15) is 9.59 Å². The van der Waals surface area contributed by atoms with Crippen molar-refractivity contribution < 1.29 is 14.3 Å². The van der Waals surface area contributed by atoms with E-state index >= 15 is 0 Å². The van der Waals surface area contributed by atoms with Crippen molar-refractivity contribution in [2.24, 2.45) is 11.0 Å². The highest BCUT2D eigenvalue weighted by Gasteiger charge is 2.24. The Morgan fingerprint density at radius 3 is 2.32 bits per heavy atom. The standard InChI is InChI=1S/C26H25Cl2N3O3/c1-17(2)24(30-25(32)20-10-13-22(27)23(28)14-20)26(33)31-29-15-18-8-11-21(12-9-18)34-16-19-6-4-3-5-7-19/h3-15,17,24H,16H2,1-2H3,(H,30,32)(H,31,33)/b29-15+. The van der Waals surface area contributed by atoms with Crippen LogP contribution in [0, 0.1) is 5.92 Å². The van der Waals surface area contributed by atoms with Crippen molar-refractivity contribution in [3.63, 3.8) is 0 Å². The number of rotatable bonds is 9. The van der Waals surface area contributed by atoms with Crippen LogP contribution in [0.3, 0.4) is 0 Å². The first-order valence-corrected chi connectivity index (χ1v) is 11.4. The fourth-order valence-electron chi connectivity index (χ4n) is 3.03.